The minimum atomic E-state index is 0.802. The number of nitrogens with one attached hydrogen (secondary N) is 1. The van der Waals surface area contributed by atoms with Crippen molar-refractivity contribution >= 4 is 16.3 Å². The molecule has 1 aromatic rings. The lowest BCUT2D eigenvalue weighted by Crippen LogP contribution is -2.22. The number of rotatable bonds is 3. The fourth-order valence-electron chi connectivity index (χ4n) is 1.57. The van der Waals surface area contributed by atoms with Crippen molar-refractivity contribution in [2.45, 2.75) is 12.8 Å². The van der Waals surface area contributed by atoms with E-state index in [4.69, 9.17) is 4.74 Å². The molecule has 1 aliphatic rings. The molecule has 13 heavy (non-hydrogen) atoms. The van der Waals surface area contributed by atoms with E-state index in [-0.39, 0.29) is 0 Å². The van der Waals surface area contributed by atoms with Crippen LogP contribution in [0.15, 0.2) is 17.5 Å². The molecule has 72 valence electrons. The maximum Gasteiger partial charge on any atom is 0.0882 e. The van der Waals surface area contributed by atoms with Crippen LogP contribution in [0.3, 0.4) is 0 Å². The molecule has 0 bridgehead atoms. The van der Waals surface area contributed by atoms with Gasteiger partial charge < -0.3 is 10.1 Å². The molecule has 0 aromatic carbocycles. The van der Waals surface area contributed by atoms with Crippen molar-refractivity contribution in [3.05, 3.63) is 17.5 Å². The van der Waals surface area contributed by atoms with Gasteiger partial charge in [0.2, 0.25) is 0 Å². The van der Waals surface area contributed by atoms with Gasteiger partial charge in [0.25, 0.3) is 0 Å². The van der Waals surface area contributed by atoms with Crippen LogP contribution in [0.4, 0.5) is 5.00 Å². The van der Waals surface area contributed by atoms with E-state index in [1.54, 1.807) is 11.3 Å². The highest BCUT2D eigenvalue weighted by molar-refractivity contribution is 7.14. The number of ether oxygens (including phenoxy) is 1. The van der Waals surface area contributed by atoms with E-state index in [9.17, 15) is 0 Å². The van der Waals surface area contributed by atoms with E-state index in [2.05, 4.69) is 22.8 Å². The summed E-state index contributed by atoms with van der Waals surface area (Å²) in [6.07, 6.45) is 2.41. The number of thiophene rings is 1. The fraction of sp³-hybridized carbons (Fsp3) is 0.600. The summed E-state index contributed by atoms with van der Waals surface area (Å²) in [5.74, 6) is 0.802. The molecular weight excluding hydrogens is 182 g/mol. The third-order valence-electron chi connectivity index (χ3n) is 2.43. The van der Waals surface area contributed by atoms with Gasteiger partial charge in [-0.15, -0.1) is 11.3 Å². The monoisotopic (exact) mass is 197 g/mol. The van der Waals surface area contributed by atoms with Crippen molar-refractivity contribution in [1.82, 2.24) is 0 Å². The first-order valence-corrected chi connectivity index (χ1v) is 5.68. The predicted octanol–water partition coefficient (Wildman–Crippen LogP) is 2.59. The summed E-state index contributed by atoms with van der Waals surface area (Å²) in [6, 6.07) is 4.21. The lowest BCUT2D eigenvalue weighted by atomic mass is 10.0. The van der Waals surface area contributed by atoms with Crippen LogP contribution in [0, 0.1) is 5.92 Å². The average molecular weight is 197 g/mol. The van der Waals surface area contributed by atoms with Gasteiger partial charge in [0.1, 0.15) is 0 Å². The van der Waals surface area contributed by atoms with Crippen molar-refractivity contribution in [1.29, 1.82) is 0 Å². The van der Waals surface area contributed by atoms with Gasteiger partial charge in [0.05, 0.1) is 5.00 Å². The second kappa shape index (κ2) is 4.63. The molecule has 1 aliphatic heterocycles. The van der Waals surface area contributed by atoms with Crippen molar-refractivity contribution < 1.29 is 4.74 Å². The minimum absolute atomic E-state index is 0.802. The number of anilines is 1. The zero-order chi connectivity index (χ0) is 8.93. The molecule has 0 saturated carbocycles. The van der Waals surface area contributed by atoms with E-state index < -0.39 is 0 Å². The van der Waals surface area contributed by atoms with Gasteiger partial charge in [0.15, 0.2) is 0 Å². The quantitative estimate of drug-likeness (QED) is 0.804. The van der Waals surface area contributed by atoms with E-state index >= 15 is 0 Å². The first-order valence-electron chi connectivity index (χ1n) is 4.80. The van der Waals surface area contributed by atoms with Crippen LogP contribution < -0.4 is 5.32 Å². The largest absolute Gasteiger partial charge is 0.381 e. The van der Waals surface area contributed by atoms with Gasteiger partial charge in [-0.25, -0.2) is 0 Å². The highest BCUT2D eigenvalue weighted by Crippen LogP contribution is 2.19. The Labute approximate surface area is 82.9 Å². The first-order chi connectivity index (χ1) is 6.45. The summed E-state index contributed by atoms with van der Waals surface area (Å²) < 4.78 is 5.31. The van der Waals surface area contributed by atoms with Crippen LogP contribution in [0.2, 0.25) is 0 Å². The fourth-order valence-corrected chi connectivity index (χ4v) is 2.20. The van der Waals surface area contributed by atoms with E-state index in [0.29, 0.717) is 0 Å². The highest BCUT2D eigenvalue weighted by atomic mass is 32.1. The molecule has 2 heterocycles. The van der Waals surface area contributed by atoms with Gasteiger partial charge in [0, 0.05) is 19.8 Å². The number of hydrogen-bond donors (Lipinski definition) is 1. The lowest BCUT2D eigenvalue weighted by Gasteiger charge is -2.22. The topological polar surface area (TPSA) is 21.3 Å². The maximum atomic E-state index is 5.31. The maximum absolute atomic E-state index is 5.31. The predicted molar refractivity (Wildman–Crippen MR) is 56.4 cm³/mol. The molecule has 2 nitrogen and oxygen atoms in total. The molecule has 1 aromatic heterocycles. The van der Waals surface area contributed by atoms with E-state index in [1.165, 1.54) is 17.8 Å². The molecule has 3 heteroatoms. The second-order valence-electron chi connectivity index (χ2n) is 3.41. The Balaban J connectivity index is 1.72. The Morgan fingerprint density at radius 3 is 3.00 bits per heavy atom. The highest BCUT2D eigenvalue weighted by Gasteiger charge is 2.12. The molecule has 2 rings (SSSR count). The molecular formula is C10H15NOS. The van der Waals surface area contributed by atoms with Crippen molar-refractivity contribution in [2.24, 2.45) is 5.92 Å². The standard InChI is InChI=1S/C10H15NOS/c1-2-10(13-7-1)11-8-9-3-5-12-6-4-9/h1-2,7,9,11H,3-6,8H2. The molecule has 0 aliphatic carbocycles. The van der Waals surface area contributed by atoms with Crippen molar-refractivity contribution in [3.8, 4) is 0 Å². The van der Waals surface area contributed by atoms with Gasteiger partial charge in [-0.1, -0.05) is 0 Å². The molecule has 1 fully saturated rings. The minimum Gasteiger partial charge on any atom is -0.381 e. The third-order valence-corrected chi connectivity index (χ3v) is 3.25. The Morgan fingerprint density at radius 2 is 2.31 bits per heavy atom. The molecule has 0 amide bonds. The first kappa shape index (κ1) is 9.03. The van der Waals surface area contributed by atoms with Crippen LogP contribution in [0.1, 0.15) is 12.8 Å². The zero-order valence-corrected chi connectivity index (χ0v) is 8.48. The molecule has 1 saturated heterocycles. The van der Waals surface area contributed by atoms with Gasteiger partial charge in [-0.05, 0) is 36.3 Å². The molecule has 0 atom stereocenters. The lowest BCUT2D eigenvalue weighted by molar-refractivity contribution is 0.0699. The number of hydrogen-bond acceptors (Lipinski definition) is 3. The Kier molecular flexibility index (Phi) is 3.22. The van der Waals surface area contributed by atoms with E-state index in [0.717, 1.165) is 25.7 Å². The SMILES string of the molecule is c1csc(NCC2CCOCC2)c1. The summed E-state index contributed by atoms with van der Waals surface area (Å²) in [5.41, 5.74) is 0. The zero-order valence-electron chi connectivity index (χ0n) is 7.66. The van der Waals surface area contributed by atoms with Crippen LogP contribution in [0.25, 0.3) is 0 Å². The normalized spacial score (nSPS) is 18.8. The van der Waals surface area contributed by atoms with Crippen LogP contribution in [-0.4, -0.2) is 19.8 Å². The molecule has 0 unspecified atom stereocenters. The summed E-state index contributed by atoms with van der Waals surface area (Å²) in [4.78, 5) is 0. The summed E-state index contributed by atoms with van der Waals surface area (Å²) in [5, 5.41) is 6.84. The van der Waals surface area contributed by atoms with Crippen LogP contribution in [0.5, 0.6) is 0 Å². The molecule has 0 spiro atoms. The molecule has 1 N–H and O–H groups in total. The van der Waals surface area contributed by atoms with Crippen molar-refractivity contribution in [3.63, 3.8) is 0 Å². The van der Waals surface area contributed by atoms with Crippen LogP contribution >= 0.6 is 11.3 Å². The Hall–Kier alpha value is -0.540. The second-order valence-corrected chi connectivity index (χ2v) is 4.36. The smallest absolute Gasteiger partial charge is 0.0882 e. The summed E-state index contributed by atoms with van der Waals surface area (Å²) in [7, 11) is 0. The third kappa shape index (κ3) is 2.71. The Morgan fingerprint density at radius 1 is 1.46 bits per heavy atom. The van der Waals surface area contributed by atoms with Crippen LogP contribution in [-0.2, 0) is 4.74 Å². The van der Waals surface area contributed by atoms with Gasteiger partial charge in [-0.3, -0.25) is 0 Å². The Bertz CT molecular complexity index is 229. The summed E-state index contributed by atoms with van der Waals surface area (Å²) >= 11 is 1.77. The van der Waals surface area contributed by atoms with Crippen molar-refractivity contribution in [2.75, 3.05) is 25.1 Å². The summed E-state index contributed by atoms with van der Waals surface area (Å²) in [6.45, 7) is 2.98. The van der Waals surface area contributed by atoms with Gasteiger partial charge >= 0.3 is 0 Å². The van der Waals surface area contributed by atoms with E-state index in [1.807, 2.05) is 0 Å². The molecule has 0 radical (unpaired) electrons. The van der Waals surface area contributed by atoms with Gasteiger partial charge in [-0.2, -0.15) is 0 Å². The average Bonchev–Trinajstić information content (AvgIpc) is 2.69.